The SMILES string of the molecule is FC1(F)CCC[C@@H]([C@@H]2CC(c3ccccc3)CCN2)C1. The monoisotopic (exact) mass is 279 g/mol. The van der Waals surface area contributed by atoms with E-state index in [0.29, 0.717) is 12.3 Å². The van der Waals surface area contributed by atoms with Crippen molar-refractivity contribution in [1.29, 1.82) is 0 Å². The van der Waals surface area contributed by atoms with Gasteiger partial charge < -0.3 is 5.32 Å². The molecule has 1 saturated heterocycles. The summed E-state index contributed by atoms with van der Waals surface area (Å²) in [5, 5.41) is 3.49. The fourth-order valence-corrected chi connectivity index (χ4v) is 3.89. The quantitative estimate of drug-likeness (QED) is 0.848. The molecule has 3 rings (SSSR count). The summed E-state index contributed by atoms with van der Waals surface area (Å²) >= 11 is 0. The third-order valence-electron chi connectivity index (χ3n) is 4.96. The summed E-state index contributed by atoms with van der Waals surface area (Å²) in [5.41, 5.74) is 1.36. The Labute approximate surface area is 119 Å². The van der Waals surface area contributed by atoms with Crippen molar-refractivity contribution < 1.29 is 8.78 Å². The number of piperidine rings is 1. The normalized spacial score (nSPS) is 33.8. The van der Waals surface area contributed by atoms with E-state index in [-0.39, 0.29) is 24.8 Å². The third-order valence-corrected chi connectivity index (χ3v) is 4.96. The van der Waals surface area contributed by atoms with Crippen LogP contribution in [0.5, 0.6) is 0 Å². The number of hydrogen-bond donors (Lipinski definition) is 1. The predicted octanol–water partition coefficient (Wildman–Crippen LogP) is 4.35. The first-order chi connectivity index (χ1) is 9.64. The molecule has 20 heavy (non-hydrogen) atoms. The van der Waals surface area contributed by atoms with Gasteiger partial charge in [0.25, 0.3) is 0 Å². The predicted molar refractivity (Wildman–Crippen MR) is 77.1 cm³/mol. The van der Waals surface area contributed by atoms with Gasteiger partial charge in [-0.15, -0.1) is 0 Å². The average molecular weight is 279 g/mol. The van der Waals surface area contributed by atoms with Crippen LogP contribution in [-0.2, 0) is 0 Å². The van der Waals surface area contributed by atoms with Crippen molar-refractivity contribution in [3.8, 4) is 0 Å². The second-order valence-electron chi connectivity index (χ2n) is 6.40. The van der Waals surface area contributed by atoms with Crippen LogP contribution < -0.4 is 5.32 Å². The Hall–Kier alpha value is -0.960. The fraction of sp³-hybridized carbons (Fsp3) is 0.647. The third kappa shape index (κ3) is 3.20. The van der Waals surface area contributed by atoms with Gasteiger partial charge in [0.05, 0.1) is 0 Å². The van der Waals surface area contributed by atoms with Crippen LogP contribution in [0.4, 0.5) is 8.78 Å². The molecule has 1 aromatic carbocycles. The van der Waals surface area contributed by atoms with Gasteiger partial charge in [-0.3, -0.25) is 0 Å². The highest BCUT2D eigenvalue weighted by atomic mass is 19.3. The first-order valence-corrected chi connectivity index (χ1v) is 7.80. The smallest absolute Gasteiger partial charge is 0.248 e. The molecule has 0 bridgehead atoms. The van der Waals surface area contributed by atoms with Crippen molar-refractivity contribution >= 4 is 0 Å². The molecule has 1 saturated carbocycles. The summed E-state index contributed by atoms with van der Waals surface area (Å²) in [4.78, 5) is 0. The number of rotatable bonds is 2. The van der Waals surface area contributed by atoms with Crippen LogP contribution in [-0.4, -0.2) is 18.5 Å². The van der Waals surface area contributed by atoms with Crippen LogP contribution in [0, 0.1) is 5.92 Å². The minimum Gasteiger partial charge on any atom is -0.314 e. The highest BCUT2D eigenvalue weighted by Gasteiger charge is 2.40. The summed E-state index contributed by atoms with van der Waals surface area (Å²) in [6.07, 6.45) is 3.90. The van der Waals surface area contributed by atoms with Gasteiger partial charge in [-0.05, 0) is 49.6 Å². The molecule has 3 heteroatoms. The van der Waals surface area contributed by atoms with E-state index in [9.17, 15) is 8.78 Å². The van der Waals surface area contributed by atoms with Crippen LogP contribution >= 0.6 is 0 Å². The van der Waals surface area contributed by atoms with Crippen molar-refractivity contribution in [2.75, 3.05) is 6.54 Å². The molecule has 0 aromatic heterocycles. The Bertz CT molecular complexity index is 432. The van der Waals surface area contributed by atoms with Crippen molar-refractivity contribution in [1.82, 2.24) is 5.32 Å². The van der Waals surface area contributed by atoms with Gasteiger partial charge in [-0.1, -0.05) is 30.3 Å². The molecule has 1 aliphatic heterocycles. The van der Waals surface area contributed by atoms with E-state index in [0.717, 1.165) is 25.8 Å². The molecule has 110 valence electrons. The van der Waals surface area contributed by atoms with Gasteiger partial charge in [0.1, 0.15) is 0 Å². The van der Waals surface area contributed by atoms with E-state index in [1.54, 1.807) is 0 Å². The lowest BCUT2D eigenvalue weighted by Crippen LogP contribution is -2.45. The molecule has 2 aliphatic rings. The molecule has 0 radical (unpaired) electrons. The zero-order valence-electron chi connectivity index (χ0n) is 11.8. The molecular weight excluding hydrogens is 256 g/mol. The average Bonchev–Trinajstić information content (AvgIpc) is 2.47. The first kappa shape index (κ1) is 14.0. The number of alkyl halides is 2. The van der Waals surface area contributed by atoms with Gasteiger partial charge in [-0.25, -0.2) is 8.78 Å². The Kier molecular flexibility index (Phi) is 4.06. The minimum atomic E-state index is -2.44. The Balaban J connectivity index is 1.66. The largest absolute Gasteiger partial charge is 0.314 e. The first-order valence-electron chi connectivity index (χ1n) is 7.80. The van der Waals surface area contributed by atoms with E-state index in [1.165, 1.54) is 5.56 Å². The maximum atomic E-state index is 13.6. The van der Waals surface area contributed by atoms with Gasteiger partial charge in [0, 0.05) is 18.9 Å². The summed E-state index contributed by atoms with van der Waals surface area (Å²) in [6, 6.07) is 10.8. The second-order valence-corrected chi connectivity index (χ2v) is 6.40. The molecular formula is C17H23F2N. The maximum absolute atomic E-state index is 13.6. The van der Waals surface area contributed by atoms with Crippen LogP contribution in [0.2, 0.25) is 0 Å². The Morgan fingerprint density at radius 2 is 1.90 bits per heavy atom. The molecule has 1 aromatic rings. The molecule has 2 fully saturated rings. The lowest BCUT2D eigenvalue weighted by molar-refractivity contribution is -0.0598. The van der Waals surface area contributed by atoms with Gasteiger partial charge in [0.2, 0.25) is 5.92 Å². The number of halogens is 2. The Morgan fingerprint density at radius 1 is 1.10 bits per heavy atom. The van der Waals surface area contributed by atoms with E-state index in [4.69, 9.17) is 0 Å². The topological polar surface area (TPSA) is 12.0 Å². The highest BCUT2D eigenvalue weighted by molar-refractivity contribution is 5.20. The second kappa shape index (κ2) is 5.80. The standard InChI is InChI=1S/C17H23F2N/c18-17(19)9-4-7-15(12-17)16-11-14(8-10-20-16)13-5-2-1-3-6-13/h1-3,5-6,14-16,20H,4,7-12H2/t14?,15-,16+/m1/s1. The molecule has 1 N–H and O–H groups in total. The molecule has 1 unspecified atom stereocenters. The lowest BCUT2D eigenvalue weighted by Gasteiger charge is -2.39. The summed E-state index contributed by atoms with van der Waals surface area (Å²) in [6.45, 7) is 0.951. The van der Waals surface area contributed by atoms with Crippen LogP contribution in [0.15, 0.2) is 30.3 Å². The van der Waals surface area contributed by atoms with Gasteiger partial charge >= 0.3 is 0 Å². The van der Waals surface area contributed by atoms with Crippen LogP contribution in [0.1, 0.15) is 50.0 Å². The van der Waals surface area contributed by atoms with Crippen molar-refractivity contribution in [2.45, 2.75) is 56.4 Å². The van der Waals surface area contributed by atoms with Gasteiger partial charge in [0.15, 0.2) is 0 Å². The lowest BCUT2D eigenvalue weighted by atomic mass is 9.75. The number of nitrogens with one attached hydrogen (secondary N) is 1. The molecule has 0 spiro atoms. The van der Waals surface area contributed by atoms with E-state index in [2.05, 4.69) is 29.6 Å². The summed E-state index contributed by atoms with van der Waals surface area (Å²) in [7, 11) is 0. The van der Waals surface area contributed by atoms with E-state index in [1.807, 2.05) is 6.07 Å². The van der Waals surface area contributed by atoms with Crippen LogP contribution in [0.25, 0.3) is 0 Å². The zero-order chi connectivity index (χ0) is 14.0. The minimum absolute atomic E-state index is 0.0756. The van der Waals surface area contributed by atoms with Crippen molar-refractivity contribution in [3.63, 3.8) is 0 Å². The summed E-state index contributed by atoms with van der Waals surface area (Å²) in [5.74, 6) is -1.77. The molecule has 1 heterocycles. The van der Waals surface area contributed by atoms with Crippen LogP contribution in [0.3, 0.4) is 0 Å². The zero-order valence-corrected chi connectivity index (χ0v) is 11.8. The van der Waals surface area contributed by atoms with E-state index < -0.39 is 5.92 Å². The van der Waals surface area contributed by atoms with Gasteiger partial charge in [-0.2, -0.15) is 0 Å². The Morgan fingerprint density at radius 3 is 2.65 bits per heavy atom. The van der Waals surface area contributed by atoms with E-state index >= 15 is 0 Å². The molecule has 1 nitrogen and oxygen atoms in total. The molecule has 1 aliphatic carbocycles. The number of hydrogen-bond acceptors (Lipinski definition) is 1. The van der Waals surface area contributed by atoms with Crippen molar-refractivity contribution in [3.05, 3.63) is 35.9 Å². The molecule has 0 amide bonds. The molecule has 3 atom stereocenters. The number of benzene rings is 1. The van der Waals surface area contributed by atoms with Crippen molar-refractivity contribution in [2.24, 2.45) is 5.92 Å². The summed E-state index contributed by atoms with van der Waals surface area (Å²) < 4.78 is 27.2. The fourth-order valence-electron chi connectivity index (χ4n) is 3.89. The maximum Gasteiger partial charge on any atom is 0.248 e. The highest BCUT2D eigenvalue weighted by Crippen LogP contribution is 2.41.